The van der Waals surface area contributed by atoms with Gasteiger partial charge in [-0.3, -0.25) is 4.79 Å². The lowest BCUT2D eigenvalue weighted by molar-refractivity contribution is -0.146. The van der Waals surface area contributed by atoms with Crippen LogP contribution in [0.15, 0.2) is 4.52 Å². The van der Waals surface area contributed by atoms with Gasteiger partial charge < -0.3 is 14.0 Å². The quantitative estimate of drug-likeness (QED) is 0.694. The second kappa shape index (κ2) is 7.10. The molecule has 18 heavy (non-hydrogen) atoms. The Balaban J connectivity index is 2.83. The molecule has 1 unspecified atom stereocenters. The maximum atomic E-state index is 11.9. The van der Waals surface area contributed by atoms with E-state index in [0.717, 1.165) is 0 Å². The molecule has 0 aromatic carbocycles. The van der Waals surface area contributed by atoms with E-state index in [1.54, 1.807) is 14.0 Å². The molecule has 0 bridgehead atoms. The molecule has 0 aliphatic rings. The van der Waals surface area contributed by atoms with Gasteiger partial charge in [0.1, 0.15) is 12.5 Å². The third kappa shape index (κ3) is 4.10. The second-order valence-corrected chi connectivity index (χ2v) is 4.42. The van der Waals surface area contributed by atoms with Gasteiger partial charge in [-0.1, -0.05) is 19.0 Å². The molecule has 0 saturated carbocycles. The van der Waals surface area contributed by atoms with Gasteiger partial charge in [-0.25, -0.2) is 0 Å². The van der Waals surface area contributed by atoms with E-state index in [1.807, 2.05) is 13.8 Å². The highest BCUT2D eigenvalue weighted by atomic mass is 16.5. The Morgan fingerprint density at radius 2 is 2.17 bits per heavy atom. The van der Waals surface area contributed by atoms with Crippen molar-refractivity contribution >= 4 is 5.97 Å². The molecule has 1 aromatic rings. The summed E-state index contributed by atoms with van der Waals surface area (Å²) in [5, 5.41) is 3.76. The molecule has 6 heteroatoms. The zero-order valence-electron chi connectivity index (χ0n) is 11.3. The number of hydrogen-bond donors (Lipinski definition) is 0. The van der Waals surface area contributed by atoms with Crippen LogP contribution in [0.4, 0.5) is 0 Å². The van der Waals surface area contributed by atoms with Crippen LogP contribution >= 0.6 is 0 Å². The van der Waals surface area contributed by atoms with Crippen molar-refractivity contribution in [1.82, 2.24) is 10.1 Å². The zero-order chi connectivity index (χ0) is 13.5. The highest BCUT2D eigenvalue weighted by Gasteiger charge is 2.28. The van der Waals surface area contributed by atoms with Gasteiger partial charge in [0.25, 0.3) is 0 Å². The first-order chi connectivity index (χ1) is 8.58. The summed E-state index contributed by atoms with van der Waals surface area (Å²) in [6.07, 6.45) is 0.619. The smallest absolute Gasteiger partial charge is 0.318 e. The monoisotopic (exact) mass is 256 g/mol. The molecule has 0 aliphatic carbocycles. The van der Waals surface area contributed by atoms with Crippen LogP contribution in [-0.2, 0) is 20.9 Å². The summed E-state index contributed by atoms with van der Waals surface area (Å²) in [5.41, 5.74) is 0. The number of aromatic nitrogens is 2. The molecule has 1 aromatic heterocycles. The zero-order valence-corrected chi connectivity index (χ0v) is 11.3. The predicted octanol–water partition coefficient (Wildman–Crippen LogP) is 1.91. The molecule has 6 nitrogen and oxygen atoms in total. The maximum absolute atomic E-state index is 11.9. The highest BCUT2D eigenvalue weighted by molar-refractivity contribution is 5.76. The minimum Gasteiger partial charge on any atom is -0.465 e. The van der Waals surface area contributed by atoms with Gasteiger partial charge in [0.05, 0.1) is 6.61 Å². The van der Waals surface area contributed by atoms with Crippen LogP contribution in [0.5, 0.6) is 0 Å². The second-order valence-electron chi connectivity index (χ2n) is 4.42. The lowest BCUT2D eigenvalue weighted by Crippen LogP contribution is -2.18. The van der Waals surface area contributed by atoms with Gasteiger partial charge in [-0.2, -0.15) is 4.98 Å². The van der Waals surface area contributed by atoms with E-state index in [0.29, 0.717) is 30.7 Å². The Morgan fingerprint density at radius 1 is 1.44 bits per heavy atom. The van der Waals surface area contributed by atoms with Gasteiger partial charge in [0, 0.05) is 7.11 Å². The lowest BCUT2D eigenvalue weighted by Gasteiger charge is -2.13. The van der Waals surface area contributed by atoms with E-state index >= 15 is 0 Å². The number of hydrogen-bond acceptors (Lipinski definition) is 6. The first-order valence-corrected chi connectivity index (χ1v) is 6.06. The third-order valence-electron chi connectivity index (χ3n) is 2.33. The number of esters is 1. The molecule has 0 aliphatic heterocycles. The SMILES string of the molecule is CCOC(=O)C(CC(C)C)c1nc(COC)no1. The Morgan fingerprint density at radius 3 is 2.72 bits per heavy atom. The van der Waals surface area contributed by atoms with E-state index in [-0.39, 0.29) is 12.6 Å². The van der Waals surface area contributed by atoms with Crippen LogP contribution in [0.1, 0.15) is 44.8 Å². The summed E-state index contributed by atoms with van der Waals surface area (Å²) in [6, 6.07) is 0. The molecule has 0 amide bonds. The Kier molecular flexibility index (Phi) is 5.77. The van der Waals surface area contributed by atoms with Crippen molar-refractivity contribution in [3.63, 3.8) is 0 Å². The van der Waals surface area contributed by atoms with Crippen molar-refractivity contribution in [3.05, 3.63) is 11.7 Å². The van der Waals surface area contributed by atoms with E-state index in [1.165, 1.54) is 0 Å². The number of carbonyl (C=O) groups excluding carboxylic acids is 1. The fraction of sp³-hybridized carbons (Fsp3) is 0.750. The Labute approximate surface area is 107 Å². The topological polar surface area (TPSA) is 74.5 Å². The van der Waals surface area contributed by atoms with E-state index in [9.17, 15) is 4.79 Å². The van der Waals surface area contributed by atoms with Crippen molar-refractivity contribution in [1.29, 1.82) is 0 Å². The van der Waals surface area contributed by atoms with E-state index < -0.39 is 5.92 Å². The van der Waals surface area contributed by atoms with Crippen molar-refractivity contribution in [2.24, 2.45) is 5.92 Å². The molecule has 1 atom stereocenters. The van der Waals surface area contributed by atoms with Crippen molar-refractivity contribution in [2.45, 2.75) is 39.7 Å². The van der Waals surface area contributed by atoms with Gasteiger partial charge >= 0.3 is 5.97 Å². The summed E-state index contributed by atoms with van der Waals surface area (Å²) >= 11 is 0. The van der Waals surface area contributed by atoms with Crippen molar-refractivity contribution in [2.75, 3.05) is 13.7 Å². The van der Waals surface area contributed by atoms with Crippen LogP contribution in [0.2, 0.25) is 0 Å². The fourth-order valence-electron chi connectivity index (χ4n) is 1.61. The highest BCUT2D eigenvalue weighted by Crippen LogP contribution is 2.24. The van der Waals surface area contributed by atoms with Gasteiger partial charge in [0.15, 0.2) is 5.82 Å². The van der Waals surface area contributed by atoms with Crippen LogP contribution in [-0.4, -0.2) is 29.8 Å². The van der Waals surface area contributed by atoms with E-state index in [4.69, 9.17) is 14.0 Å². The average Bonchev–Trinajstić information content (AvgIpc) is 2.75. The fourth-order valence-corrected chi connectivity index (χ4v) is 1.61. The van der Waals surface area contributed by atoms with E-state index in [2.05, 4.69) is 10.1 Å². The molecular weight excluding hydrogens is 236 g/mol. The minimum absolute atomic E-state index is 0.265. The first-order valence-electron chi connectivity index (χ1n) is 6.06. The van der Waals surface area contributed by atoms with Gasteiger partial charge in [-0.05, 0) is 19.3 Å². The van der Waals surface area contributed by atoms with Gasteiger partial charge in [0.2, 0.25) is 5.89 Å². The summed E-state index contributed by atoms with van der Waals surface area (Å²) in [7, 11) is 1.55. The molecule has 0 spiro atoms. The Bertz CT molecular complexity index is 376. The standard InChI is InChI=1S/C12H20N2O4/c1-5-17-12(15)9(6-8(2)3)11-13-10(7-16-4)14-18-11/h8-9H,5-7H2,1-4H3. The van der Waals surface area contributed by atoms with Crippen LogP contribution < -0.4 is 0 Å². The number of methoxy groups -OCH3 is 1. The molecule has 0 fully saturated rings. The minimum atomic E-state index is -0.497. The number of nitrogens with zero attached hydrogens (tertiary/aromatic N) is 2. The lowest BCUT2D eigenvalue weighted by atomic mass is 9.97. The summed E-state index contributed by atoms with van der Waals surface area (Å²) in [5.74, 6) is 0.249. The van der Waals surface area contributed by atoms with Crippen molar-refractivity contribution in [3.8, 4) is 0 Å². The summed E-state index contributed by atoms with van der Waals surface area (Å²) in [4.78, 5) is 16.0. The molecule has 1 heterocycles. The molecule has 1 rings (SSSR count). The summed E-state index contributed by atoms with van der Waals surface area (Å²) < 4.78 is 15.0. The number of rotatable bonds is 7. The molecule has 102 valence electrons. The van der Waals surface area contributed by atoms with Crippen molar-refractivity contribution < 1.29 is 18.8 Å². The third-order valence-corrected chi connectivity index (χ3v) is 2.33. The van der Waals surface area contributed by atoms with Gasteiger partial charge in [-0.15, -0.1) is 0 Å². The van der Waals surface area contributed by atoms with Crippen LogP contribution in [0.25, 0.3) is 0 Å². The molecular formula is C12H20N2O4. The Hall–Kier alpha value is -1.43. The predicted molar refractivity (Wildman–Crippen MR) is 63.8 cm³/mol. The number of ether oxygens (including phenoxy) is 2. The van der Waals surface area contributed by atoms with Crippen LogP contribution in [0.3, 0.4) is 0 Å². The van der Waals surface area contributed by atoms with Crippen LogP contribution in [0, 0.1) is 5.92 Å². The average molecular weight is 256 g/mol. The summed E-state index contributed by atoms with van der Waals surface area (Å²) in [6.45, 7) is 6.43. The normalized spacial score (nSPS) is 12.7. The first kappa shape index (κ1) is 14.6. The molecule has 0 N–H and O–H groups in total. The molecule has 0 saturated heterocycles. The molecule has 0 radical (unpaired) electrons. The largest absolute Gasteiger partial charge is 0.465 e. The maximum Gasteiger partial charge on any atom is 0.318 e. The number of carbonyl (C=O) groups is 1.